The van der Waals surface area contributed by atoms with Crippen LogP contribution < -0.4 is 15.8 Å². The van der Waals surface area contributed by atoms with Gasteiger partial charge < -0.3 is 15.8 Å². The van der Waals surface area contributed by atoms with Crippen molar-refractivity contribution in [1.82, 2.24) is 5.32 Å². The molecule has 1 atom stereocenters. The van der Waals surface area contributed by atoms with Crippen molar-refractivity contribution in [2.75, 3.05) is 19.7 Å². The summed E-state index contributed by atoms with van der Waals surface area (Å²) >= 11 is 6.02. The summed E-state index contributed by atoms with van der Waals surface area (Å²) in [7, 11) is 0. The Morgan fingerprint density at radius 3 is 3.00 bits per heavy atom. The number of benzene rings is 1. The van der Waals surface area contributed by atoms with E-state index in [0.717, 1.165) is 19.5 Å². The van der Waals surface area contributed by atoms with Crippen molar-refractivity contribution in [1.29, 1.82) is 0 Å². The van der Waals surface area contributed by atoms with Gasteiger partial charge in [-0.3, -0.25) is 4.79 Å². The van der Waals surface area contributed by atoms with Gasteiger partial charge in [0.1, 0.15) is 5.75 Å². The first-order valence-electron chi connectivity index (χ1n) is 6.09. The van der Waals surface area contributed by atoms with E-state index in [9.17, 15) is 4.79 Å². The van der Waals surface area contributed by atoms with E-state index in [1.165, 1.54) is 12.5 Å². The zero-order chi connectivity index (χ0) is 13.0. The zero-order valence-electron chi connectivity index (χ0n) is 10.1. The molecule has 0 spiro atoms. The quantitative estimate of drug-likeness (QED) is 0.856. The lowest BCUT2D eigenvalue weighted by Gasteiger charge is -2.11. The van der Waals surface area contributed by atoms with Crippen LogP contribution in [0.3, 0.4) is 0 Å². The second-order valence-corrected chi connectivity index (χ2v) is 4.91. The molecule has 0 aromatic heterocycles. The number of ether oxygens (including phenoxy) is 1. The largest absolute Gasteiger partial charge is 0.492 e. The molecule has 1 heterocycles. The Morgan fingerprint density at radius 1 is 1.56 bits per heavy atom. The molecule has 1 unspecified atom stereocenters. The number of nitrogens with two attached hydrogens (primary N) is 1. The van der Waals surface area contributed by atoms with Gasteiger partial charge in [-0.15, -0.1) is 0 Å². The van der Waals surface area contributed by atoms with Crippen molar-refractivity contribution in [2.24, 2.45) is 11.7 Å². The summed E-state index contributed by atoms with van der Waals surface area (Å²) in [4.78, 5) is 11.0. The number of carbonyl (C=O) groups excluding carboxylic acids is 1. The molecule has 1 aromatic rings. The highest BCUT2D eigenvalue weighted by atomic mass is 35.5. The molecule has 1 fully saturated rings. The van der Waals surface area contributed by atoms with Crippen molar-refractivity contribution in [3.63, 3.8) is 0 Å². The standard InChI is InChI=1S/C13H17ClN2O2/c14-11-7-10(13(15)17)1-2-12(11)18-6-4-9-3-5-16-8-9/h1-2,7,9,16H,3-6,8H2,(H2,15,17). The van der Waals surface area contributed by atoms with Crippen molar-refractivity contribution >= 4 is 17.5 Å². The van der Waals surface area contributed by atoms with Gasteiger partial charge in [0.25, 0.3) is 0 Å². The molecule has 0 saturated carbocycles. The summed E-state index contributed by atoms with van der Waals surface area (Å²) in [6.07, 6.45) is 2.22. The molecule has 0 aliphatic carbocycles. The van der Waals surface area contributed by atoms with Crippen LogP contribution in [0.5, 0.6) is 5.75 Å². The van der Waals surface area contributed by atoms with Crippen molar-refractivity contribution in [3.8, 4) is 5.75 Å². The lowest BCUT2D eigenvalue weighted by atomic mass is 10.1. The lowest BCUT2D eigenvalue weighted by molar-refractivity contribution is 0.100. The molecule has 98 valence electrons. The van der Waals surface area contributed by atoms with Gasteiger partial charge >= 0.3 is 0 Å². The van der Waals surface area contributed by atoms with E-state index in [4.69, 9.17) is 22.1 Å². The maximum atomic E-state index is 11.0. The predicted molar refractivity (Wildman–Crippen MR) is 71.1 cm³/mol. The predicted octanol–water partition coefficient (Wildman–Crippen LogP) is 1.82. The SMILES string of the molecule is NC(=O)c1ccc(OCCC2CCNC2)c(Cl)c1. The highest BCUT2D eigenvalue weighted by Gasteiger charge is 2.14. The van der Waals surface area contributed by atoms with Gasteiger partial charge in [-0.25, -0.2) is 0 Å². The Morgan fingerprint density at radius 2 is 2.39 bits per heavy atom. The number of nitrogens with one attached hydrogen (secondary N) is 1. The number of hydrogen-bond donors (Lipinski definition) is 2. The molecule has 1 aromatic carbocycles. The van der Waals surface area contributed by atoms with Crippen LogP contribution in [-0.2, 0) is 0 Å². The fraction of sp³-hybridized carbons (Fsp3) is 0.462. The number of halogens is 1. The van der Waals surface area contributed by atoms with Crippen LogP contribution in [0.4, 0.5) is 0 Å². The maximum absolute atomic E-state index is 11.0. The van der Waals surface area contributed by atoms with E-state index in [1.54, 1.807) is 12.1 Å². The van der Waals surface area contributed by atoms with Crippen LogP contribution in [0.25, 0.3) is 0 Å². The average molecular weight is 269 g/mol. The van der Waals surface area contributed by atoms with Gasteiger partial charge in [0.05, 0.1) is 11.6 Å². The van der Waals surface area contributed by atoms with Gasteiger partial charge in [-0.05, 0) is 50.0 Å². The zero-order valence-corrected chi connectivity index (χ0v) is 10.9. The number of hydrogen-bond acceptors (Lipinski definition) is 3. The molecule has 0 bridgehead atoms. The molecule has 3 N–H and O–H groups in total. The Bertz CT molecular complexity index is 431. The summed E-state index contributed by atoms with van der Waals surface area (Å²) in [5.41, 5.74) is 5.57. The fourth-order valence-corrected chi connectivity index (χ4v) is 2.30. The highest BCUT2D eigenvalue weighted by molar-refractivity contribution is 6.32. The average Bonchev–Trinajstić information content (AvgIpc) is 2.84. The van der Waals surface area contributed by atoms with Crippen LogP contribution >= 0.6 is 11.6 Å². The van der Waals surface area contributed by atoms with Crippen LogP contribution in [-0.4, -0.2) is 25.6 Å². The molecule has 2 rings (SSSR count). The van der Waals surface area contributed by atoms with Crippen LogP contribution in [0.15, 0.2) is 18.2 Å². The molecule has 5 heteroatoms. The molecule has 1 aliphatic rings. The first-order valence-corrected chi connectivity index (χ1v) is 6.47. The Kier molecular flexibility index (Phi) is 4.44. The maximum Gasteiger partial charge on any atom is 0.248 e. The van der Waals surface area contributed by atoms with Gasteiger partial charge in [0, 0.05) is 5.56 Å². The molecule has 1 saturated heterocycles. The lowest BCUT2D eigenvalue weighted by Crippen LogP contribution is -2.12. The van der Waals surface area contributed by atoms with Crippen LogP contribution in [0.1, 0.15) is 23.2 Å². The van der Waals surface area contributed by atoms with E-state index >= 15 is 0 Å². The number of amides is 1. The van der Waals surface area contributed by atoms with Crippen molar-refractivity contribution in [3.05, 3.63) is 28.8 Å². The summed E-state index contributed by atoms with van der Waals surface area (Å²) in [5.74, 6) is 0.807. The minimum absolute atomic E-state index is 0.396. The van der Waals surface area contributed by atoms with Crippen LogP contribution in [0, 0.1) is 5.92 Å². The number of rotatable bonds is 5. The van der Waals surface area contributed by atoms with Crippen LogP contribution in [0.2, 0.25) is 5.02 Å². The van der Waals surface area contributed by atoms with E-state index < -0.39 is 5.91 Å². The van der Waals surface area contributed by atoms with Crippen molar-refractivity contribution in [2.45, 2.75) is 12.8 Å². The number of primary amides is 1. The van der Waals surface area contributed by atoms with Gasteiger partial charge in [0.2, 0.25) is 5.91 Å². The summed E-state index contributed by atoms with van der Waals surface area (Å²) in [6.45, 7) is 2.80. The Hall–Kier alpha value is -1.26. The summed E-state index contributed by atoms with van der Waals surface area (Å²) in [6, 6.07) is 4.85. The van der Waals surface area contributed by atoms with E-state index in [0.29, 0.717) is 28.9 Å². The molecule has 4 nitrogen and oxygen atoms in total. The minimum Gasteiger partial charge on any atom is -0.492 e. The summed E-state index contributed by atoms with van der Waals surface area (Å²) in [5, 5.41) is 3.75. The molecular weight excluding hydrogens is 252 g/mol. The third-order valence-electron chi connectivity index (χ3n) is 3.16. The third kappa shape index (κ3) is 3.37. The third-order valence-corrected chi connectivity index (χ3v) is 3.46. The first-order chi connectivity index (χ1) is 8.66. The van der Waals surface area contributed by atoms with E-state index in [2.05, 4.69) is 5.32 Å². The first kappa shape index (κ1) is 13.2. The fourth-order valence-electron chi connectivity index (χ4n) is 2.07. The Labute approximate surface area is 111 Å². The second kappa shape index (κ2) is 6.07. The van der Waals surface area contributed by atoms with Gasteiger partial charge in [-0.2, -0.15) is 0 Å². The minimum atomic E-state index is -0.486. The molecule has 18 heavy (non-hydrogen) atoms. The Balaban J connectivity index is 1.87. The number of carbonyl (C=O) groups is 1. The smallest absolute Gasteiger partial charge is 0.248 e. The highest BCUT2D eigenvalue weighted by Crippen LogP contribution is 2.26. The molecule has 1 aliphatic heterocycles. The topological polar surface area (TPSA) is 64.4 Å². The van der Waals surface area contributed by atoms with Gasteiger partial charge in [0.15, 0.2) is 0 Å². The second-order valence-electron chi connectivity index (χ2n) is 4.51. The molecule has 0 radical (unpaired) electrons. The molecular formula is C13H17ClN2O2. The van der Waals surface area contributed by atoms with E-state index in [1.807, 2.05) is 0 Å². The van der Waals surface area contributed by atoms with Crippen molar-refractivity contribution < 1.29 is 9.53 Å². The summed E-state index contributed by atoms with van der Waals surface area (Å²) < 4.78 is 5.62. The normalized spacial score (nSPS) is 18.8. The van der Waals surface area contributed by atoms with E-state index in [-0.39, 0.29) is 0 Å². The monoisotopic (exact) mass is 268 g/mol. The molecule has 1 amide bonds. The van der Waals surface area contributed by atoms with Gasteiger partial charge in [-0.1, -0.05) is 11.6 Å².